The Balaban J connectivity index is 1.69. The molecule has 0 aliphatic heterocycles. The van der Waals surface area contributed by atoms with Crippen molar-refractivity contribution in [3.05, 3.63) is 70.3 Å². The number of carboxylic acids is 1. The number of alkyl carbamates (subject to hydrolysis) is 1. The second kappa shape index (κ2) is 9.58. The fourth-order valence-electron chi connectivity index (χ4n) is 3.64. The molecule has 0 radical (unpaired) electrons. The first-order chi connectivity index (χ1) is 14.8. The van der Waals surface area contributed by atoms with E-state index < -0.39 is 41.2 Å². The number of nitrogens with one attached hydrogen (secondary N) is 1. The predicted octanol–water partition coefficient (Wildman–Crippen LogP) is 2.34. The van der Waals surface area contributed by atoms with Gasteiger partial charge in [-0.05, 0) is 28.7 Å². The van der Waals surface area contributed by atoms with E-state index in [0.29, 0.717) is 0 Å². The number of carbonyl (C=O) groups excluding carboxylic acids is 1. The molecule has 2 aromatic rings. The molecule has 1 aliphatic carbocycles. The molecule has 7 nitrogen and oxygen atoms in total. The molecule has 0 bridgehead atoms. The van der Waals surface area contributed by atoms with Gasteiger partial charge < -0.3 is 20.3 Å². The van der Waals surface area contributed by atoms with E-state index >= 15 is 0 Å². The van der Waals surface area contributed by atoms with Crippen LogP contribution in [0, 0.1) is 11.3 Å². The van der Waals surface area contributed by atoms with E-state index in [-0.39, 0.29) is 17.4 Å². The Kier molecular flexibility index (Phi) is 6.88. The molecule has 31 heavy (non-hydrogen) atoms. The second-order valence-corrected chi connectivity index (χ2v) is 9.29. The third-order valence-electron chi connectivity index (χ3n) is 5.09. The summed E-state index contributed by atoms with van der Waals surface area (Å²) in [7, 11) is -0.604. The zero-order valence-corrected chi connectivity index (χ0v) is 17.9. The number of fused-ring (bicyclic) bond motifs is 3. The average Bonchev–Trinajstić information content (AvgIpc) is 3.06. The van der Waals surface area contributed by atoms with E-state index in [9.17, 15) is 19.8 Å². The number of carboxylic acid groups (broad SMARTS) is 1. The molecule has 1 atom stereocenters. The maximum Gasteiger partial charge on any atom is 0.407 e. The van der Waals surface area contributed by atoms with E-state index in [0.717, 1.165) is 22.3 Å². The van der Waals surface area contributed by atoms with Crippen LogP contribution in [0.3, 0.4) is 0 Å². The van der Waals surface area contributed by atoms with Crippen LogP contribution in [0.4, 0.5) is 4.79 Å². The number of amides is 1. The summed E-state index contributed by atoms with van der Waals surface area (Å²) in [6, 6.07) is 16.1. The van der Waals surface area contributed by atoms with Gasteiger partial charge in [-0.15, -0.1) is 0 Å². The zero-order chi connectivity index (χ0) is 22.5. The van der Waals surface area contributed by atoms with Gasteiger partial charge in [-0.3, -0.25) is 0 Å². The van der Waals surface area contributed by atoms with Crippen molar-refractivity contribution in [2.24, 2.45) is 0 Å². The lowest BCUT2D eigenvalue weighted by Gasteiger charge is -2.20. The molecule has 8 heteroatoms. The Morgan fingerprint density at radius 2 is 1.71 bits per heavy atom. The van der Waals surface area contributed by atoms with Crippen molar-refractivity contribution in [2.75, 3.05) is 19.1 Å². The van der Waals surface area contributed by atoms with Crippen LogP contribution in [-0.2, 0) is 20.4 Å². The maximum absolute atomic E-state index is 12.3. The smallest absolute Gasteiger partial charge is 0.407 e. The van der Waals surface area contributed by atoms with Gasteiger partial charge in [-0.1, -0.05) is 54.3 Å². The average molecular weight is 439 g/mol. The highest BCUT2D eigenvalue weighted by molar-refractivity contribution is 7.99. The molecule has 3 rings (SSSR count). The van der Waals surface area contributed by atoms with Gasteiger partial charge in [0.15, 0.2) is 6.07 Å². The molecule has 0 heterocycles. The molecule has 160 valence electrons. The SMILES string of the molecule is C[S+](C)/C(C#N)=C(\[O-])C[C@H](NC(=O)OCC1c2ccccc2-c2ccccc21)C(=O)O. The second-order valence-electron chi connectivity index (χ2n) is 7.25. The van der Waals surface area contributed by atoms with Gasteiger partial charge in [0.2, 0.25) is 4.91 Å². The highest BCUT2D eigenvalue weighted by Gasteiger charge is 2.30. The Morgan fingerprint density at radius 3 is 2.19 bits per heavy atom. The van der Waals surface area contributed by atoms with E-state index in [1.54, 1.807) is 12.5 Å². The van der Waals surface area contributed by atoms with Crippen molar-refractivity contribution in [1.29, 1.82) is 5.26 Å². The van der Waals surface area contributed by atoms with Crippen LogP contribution in [0.5, 0.6) is 0 Å². The Morgan fingerprint density at radius 1 is 1.16 bits per heavy atom. The number of carbonyl (C=O) groups is 2. The van der Waals surface area contributed by atoms with Crippen LogP contribution >= 0.6 is 0 Å². The molecule has 0 fully saturated rings. The maximum atomic E-state index is 12.3. The van der Waals surface area contributed by atoms with E-state index in [1.165, 1.54) is 0 Å². The Bertz CT molecular complexity index is 1030. The summed E-state index contributed by atoms with van der Waals surface area (Å²) in [4.78, 5) is 23.8. The van der Waals surface area contributed by atoms with Gasteiger partial charge in [0.1, 0.15) is 25.2 Å². The monoisotopic (exact) mass is 438 g/mol. The molecule has 1 aliphatic rings. The van der Waals surface area contributed by atoms with Crippen LogP contribution in [-0.4, -0.2) is 42.3 Å². The summed E-state index contributed by atoms with van der Waals surface area (Å²) in [6.07, 6.45) is 1.97. The molecule has 0 saturated carbocycles. The predicted molar refractivity (Wildman–Crippen MR) is 116 cm³/mol. The Hall–Kier alpha value is -3.44. The van der Waals surface area contributed by atoms with E-state index in [1.807, 2.05) is 54.6 Å². The summed E-state index contributed by atoms with van der Waals surface area (Å²) in [5.74, 6) is -2.13. The minimum Gasteiger partial charge on any atom is -0.872 e. The fraction of sp³-hybridized carbons (Fsp3) is 0.261. The van der Waals surface area contributed by atoms with Gasteiger partial charge in [0, 0.05) is 16.8 Å². The quantitative estimate of drug-likeness (QED) is 0.389. The summed E-state index contributed by atoms with van der Waals surface area (Å²) < 4.78 is 5.34. The molecule has 2 aromatic carbocycles. The molecule has 2 N–H and O–H groups in total. The van der Waals surface area contributed by atoms with Crippen LogP contribution in [0.15, 0.2) is 59.2 Å². The van der Waals surface area contributed by atoms with Gasteiger partial charge in [0.25, 0.3) is 0 Å². The minimum absolute atomic E-state index is 0.000544. The van der Waals surface area contributed by atoms with Crippen LogP contribution in [0.2, 0.25) is 0 Å². The topological polar surface area (TPSA) is 122 Å². The number of ether oxygens (including phenoxy) is 1. The first-order valence-electron chi connectivity index (χ1n) is 9.55. The van der Waals surface area contributed by atoms with Crippen molar-refractivity contribution < 1.29 is 24.5 Å². The van der Waals surface area contributed by atoms with Crippen molar-refractivity contribution in [3.8, 4) is 17.2 Å². The minimum atomic E-state index is -1.48. The first kappa shape index (κ1) is 22.2. The molecule has 1 amide bonds. The number of nitrogens with zero attached hydrogens (tertiary/aromatic N) is 1. The molecule has 0 spiro atoms. The number of hydrogen-bond donors (Lipinski definition) is 2. The number of aliphatic carboxylic acids is 1. The molecular formula is C23H22N2O5S. The summed E-state index contributed by atoms with van der Waals surface area (Å²) in [6.45, 7) is 0.0308. The normalized spacial score (nSPS) is 14.1. The highest BCUT2D eigenvalue weighted by atomic mass is 32.2. The number of benzene rings is 2. The van der Waals surface area contributed by atoms with Crippen molar-refractivity contribution in [1.82, 2.24) is 5.32 Å². The highest BCUT2D eigenvalue weighted by Crippen LogP contribution is 2.44. The number of allylic oxidation sites excluding steroid dienone is 1. The lowest BCUT2D eigenvalue weighted by atomic mass is 9.98. The first-order valence-corrected chi connectivity index (χ1v) is 11.6. The van der Waals surface area contributed by atoms with Crippen LogP contribution in [0.1, 0.15) is 23.5 Å². The third-order valence-corrected chi connectivity index (χ3v) is 6.22. The standard InChI is InChI=1S/C23H22N2O5S/c1-31(2)21(12-24)20(26)11-19(22(27)28)25-23(29)30-13-18-16-9-5-3-7-14(16)15-8-4-6-10-17(15)18/h3-10,18-19H,11,13H2,1-2H3,(H2-,25,26,27,28,29)/b21-20-/t19-/m0/s1. The third kappa shape index (κ3) is 4.84. The van der Waals surface area contributed by atoms with Crippen molar-refractivity contribution >= 4 is 23.0 Å². The number of nitriles is 1. The lowest BCUT2D eigenvalue weighted by Crippen LogP contribution is -2.42. The number of rotatable bonds is 7. The zero-order valence-electron chi connectivity index (χ0n) is 17.1. The largest absolute Gasteiger partial charge is 0.872 e. The van der Waals surface area contributed by atoms with Crippen molar-refractivity contribution in [2.45, 2.75) is 18.4 Å². The number of hydrogen-bond acceptors (Lipinski definition) is 5. The van der Waals surface area contributed by atoms with E-state index in [4.69, 9.17) is 10.00 Å². The van der Waals surface area contributed by atoms with Crippen molar-refractivity contribution in [3.63, 3.8) is 0 Å². The van der Waals surface area contributed by atoms with Gasteiger partial charge in [0.05, 0.1) is 0 Å². The Labute approximate surface area is 183 Å². The van der Waals surface area contributed by atoms with Gasteiger partial charge in [-0.2, -0.15) is 5.26 Å². The van der Waals surface area contributed by atoms with Gasteiger partial charge in [-0.25, -0.2) is 9.59 Å². The lowest BCUT2D eigenvalue weighted by molar-refractivity contribution is -0.307. The van der Waals surface area contributed by atoms with Crippen LogP contribution in [0.25, 0.3) is 11.1 Å². The summed E-state index contributed by atoms with van der Waals surface area (Å²) >= 11 is 0. The van der Waals surface area contributed by atoms with Gasteiger partial charge >= 0.3 is 12.1 Å². The van der Waals surface area contributed by atoms with Crippen LogP contribution < -0.4 is 10.4 Å². The fourth-order valence-corrected chi connectivity index (χ4v) is 4.36. The molecule has 0 saturated heterocycles. The molecule has 0 unspecified atom stereocenters. The summed E-state index contributed by atoms with van der Waals surface area (Å²) in [5.41, 5.74) is 4.23. The summed E-state index contributed by atoms with van der Waals surface area (Å²) in [5, 5.41) is 33.0. The molecular weight excluding hydrogens is 416 g/mol. The van der Waals surface area contributed by atoms with E-state index in [2.05, 4.69) is 5.32 Å². The molecule has 0 aromatic heterocycles.